The zero-order valence-electron chi connectivity index (χ0n) is 15.4. The summed E-state index contributed by atoms with van der Waals surface area (Å²) in [5.74, 6) is -0.188. The molecule has 0 bridgehead atoms. The second-order valence-corrected chi connectivity index (χ2v) is 6.61. The molecule has 1 aromatic rings. The molecule has 156 valence electrons. The van der Waals surface area contributed by atoms with E-state index in [2.05, 4.69) is 16.0 Å². The van der Waals surface area contributed by atoms with Crippen LogP contribution in [0.2, 0.25) is 0 Å². The Labute approximate surface area is 160 Å². The van der Waals surface area contributed by atoms with Crippen LogP contribution in [0.3, 0.4) is 0 Å². The van der Waals surface area contributed by atoms with Crippen LogP contribution >= 0.6 is 0 Å². The first-order valence-electron chi connectivity index (χ1n) is 8.94. The van der Waals surface area contributed by atoms with Crippen LogP contribution in [0, 0.1) is 0 Å². The predicted molar refractivity (Wildman–Crippen MR) is 95.7 cm³/mol. The van der Waals surface area contributed by atoms with E-state index in [0.717, 1.165) is 12.1 Å². The minimum Gasteiger partial charge on any atom is -0.394 e. The van der Waals surface area contributed by atoms with Crippen LogP contribution in [0.25, 0.3) is 0 Å². The highest BCUT2D eigenvalue weighted by Crippen LogP contribution is 2.29. The molecule has 1 aliphatic heterocycles. The third-order valence-electron chi connectivity index (χ3n) is 4.41. The van der Waals surface area contributed by atoms with E-state index < -0.39 is 23.9 Å². The molecule has 1 aromatic carbocycles. The van der Waals surface area contributed by atoms with E-state index in [9.17, 15) is 27.9 Å². The Balaban J connectivity index is 1.73. The number of benzene rings is 1. The molecule has 1 saturated heterocycles. The molecule has 0 aromatic heterocycles. The summed E-state index contributed by atoms with van der Waals surface area (Å²) in [6.07, 6.45) is -3.26. The lowest BCUT2D eigenvalue weighted by molar-refractivity contribution is -0.137. The topological polar surface area (TPSA) is 99.7 Å². The van der Waals surface area contributed by atoms with E-state index in [4.69, 9.17) is 4.74 Å². The Morgan fingerprint density at radius 1 is 1.21 bits per heavy atom. The molecule has 3 atom stereocenters. The van der Waals surface area contributed by atoms with Crippen molar-refractivity contribution in [2.24, 2.45) is 0 Å². The number of aliphatic hydroxyl groups is 1. The van der Waals surface area contributed by atoms with Crippen LogP contribution in [-0.4, -0.2) is 48.4 Å². The number of rotatable bonds is 6. The van der Waals surface area contributed by atoms with E-state index in [1.165, 1.54) is 19.1 Å². The number of nitrogens with one attached hydrogen (secondary N) is 3. The van der Waals surface area contributed by atoms with Crippen molar-refractivity contribution in [1.29, 1.82) is 0 Å². The number of carbonyl (C=O) groups is 2. The molecular formula is C18H24F3N3O4. The van der Waals surface area contributed by atoms with Crippen molar-refractivity contribution >= 4 is 17.6 Å². The normalized spacial score (nSPS) is 22.4. The molecule has 7 nitrogen and oxygen atoms in total. The van der Waals surface area contributed by atoms with Crippen LogP contribution in [0.15, 0.2) is 24.3 Å². The molecule has 0 spiro atoms. The van der Waals surface area contributed by atoms with Gasteiger partial charge in [0, 0.05) is 19.2 Å². The van der Waals surface area contributed by atoms with Gasteiger partial charge in [0.2, 0.25) is 5.91 Å². The van der Waals surface area contributed by atoms with Gasteiger partial charge in [0.25, 0.3) is 0 Å². The van der Waals surface area contributed by atoms with Gasteiger partial charge in [-0.1, -0.05) is 0 Å². The summed E-state index contributed by atoms with van der Waals surface area (Å²) in [6.45, 7) is 1.48. The number of anilines is 1. The van der Waals surface area contributed by atoms with Crippen LogP contribution < -0.4 is 16.0 Å². The first-order valence-corrected chi connectivity index (χ1v) is 8.94. The minimum atomic E-state index is -4.42. The standard InChI is InChI=1S/C18H24F3N3O4/c1-11(26)23-15-7-6-14(28-16(15)10-25)8-9-22-17(27)24-13-4-2-12(3-5-13)18(19,20)21/h2-5,14-16,25H,6-10H2,1H3,(H,23,26)(H2,22,24,27)/t14-,15-,16+/m1/s1. The highest BCUT2D eigenvalue weighted by molar-refractivity contribution is 5.89. The highest BCUT2D eigenvalue weighted by Gasteiger charge is 2.31. The van der Waals surface area contributed by atoms with Gasteiger partial charge in [-0.2, -0.15) is 13.2 Å². The predicted octanol–water partition coefficient (Wildman–Crippen LogP) is 2.26. The van der Waals surface area contributed by atoms with Gasteiger partial charge < -0.3 is 25.8 Å². The zero-order chi connectivity index (χ0) is 20.7. The summed E-state index contributed by atoms with van der Waals surface area (Å²) in [7, 11) is 0. The number of amides is 3. The molecule has 1 fully saturated rings. The highest BCUT2D eigenvalue weighted by atomic mass is 19.4. The second-order valence-electron chi connectivity index (χ2n) is 6.61. The molecule has 3 amide bonds. The molecule has 0 aliphatic carbocycles. The maximum Gasteiger partial charge on any atom is 0.416 e. The van der Waals surface area contributed by atoms with Crippen LogP contribution in [0.1, 0.15) is 31.7 Å². The summed E-state index contributed by atoms with van der Waals surface area (Å²) in [5.41, 5.74) is -0.540. The first kappa shape index (κ1) is 22.0. The average Bonchev–Trinajstić information content (AvgIpc) is 2.62. The maximum absolute atomic E-state index is 12.5. The number of aliphatic hydroxyl groups excluding tert-OH is 1. The lowest BCUT2D eigenvalue weighted by Gasteiger charge is -2.36. The Morgan fingerprint density at radius 2 is 1.89 bits per heavy atom. The number of hydrogen-bond acceptors (Lipinski definition) is 4. The summed E-state index contributed by atoms with van der Waals surface area (Å²) in [6, 6.07) is 3.37. The number of alkyl halides is 3. The Hall–Kier alpha value is -2.33. The summed E-state index contributed by atoms with van der Waals surface area (Å²) in [4.78, 5) is 23.0. The van der Waals surface area contributed by atoms with Crippen LogP contribution in [0.4, 0.5) is 23.7 Å². The Morgan fingerprint density at radius 3 is 2.46 bits per heavy atom. The molecule has 10 heteroatoms. The zero-order valence-corrected chi connectivity index (χ0v) is 15.4. The smallest absolute Gasteiger partial charge is 0.394 e. The lowest BCUT2D eigenvalue weighted by Crippen LogP contribution is -2.50. The molecule has 1 aliphatic rings. The monoisotopic (exact) mass is 403 g/mol. The molecule has 4 N–H and O–H groups in total. The van der Waals surface area contributed by atoms with Crippen molar-refractivity contribution in [1.82, 2.24) is 10.6 Å². The van der Waals surface area contributed by atoms with Gasteiger partial charge in [0.1, 0.15) is 6.10 Å². The van der Waals surface area contributed by atoms with Crippen molar-refractivity contribution < 1.29 is 32.6 Å². The fraction of sp³-hybridized carbons (Fsp3) is 0.556. The van der Waals surface area contributed by atoms with Gasteiger partial charge in [-0.05, 0) is 43.5 Å². The third-order valence-corrected chi connectivity index (χ3v) is 4.41. The van der Waals surface area contributed by atoms with Gasteiger partial charge >= 0.3 is 12.2 Å². The quantitative estimate of drug-likeness (QED) is 0.586. The van der Waals surface area contributed by atoms with Crippen molar-refractivity contribution in [3.63, 3.8) is 0 Å². The van der Waals surface area contributed by atoms with Gasteiger partial charge in [0.15, 0.2) is 0 Å². The SMILES string of the molecule is CC(=O)N[C@@H]1CC[C@H](CCNC(=O)Nc2ccc(C(F)(F)F)cc2)O[C@H]1CO. The summed E-state index contributed by atoms with van der Waals surface area (Å²) >= 11 is 0. The van der Waals surface area contributed by atoms with Crippen molar-refractivity contribution in [2.45, 2.75) is 50.6 Å². The van der Waals surface area contributed by atoms with Gasteiger partial charge in [0.05, 0.1) is 24.3 Å². The summed E-state index contributed by atoms with van der Waals surface area (Å²) in [5, 5.41) is 17.2. The number of urea groups is 1. The van der Waals surface area contributed by atoms with E-state index >= 15 is 0 Å². The first-order chi connectivity index (χ1) is 13.2. The molecule has 0 radical (unpaired) electrons. The van der Waals surface area contributed by atoms with Crippen LogP contribution in [-0.2, 0) is 15.7 Å². The Kier molecular flexibility index (Phi) is 7.64. The fourth-order valence-electron chi connectivity index (χ4n) is 3.03. The van der Waals surface area contributed by atoms with E-state index in [1.54, 1.807) is 0 Å². The molecule has 2 rings (SSSR count). The molecule has 0 saturated carbocycles. The minimum absolute atomic E-state index is 0.173. The number of hydrogen-bond donors (Lipinski definition) is 4. The number of halogens is 3. The third kappa shape index (κ3) is 6.68. The maximum atomic E-state index is 12.5. The van der Waals surface area contributed by atoms with E-state index in [1.807, 2.05) is 0 Å². The average molecular weight is 403 g/mol. The lowest BCUT2D eigenvalue weighted by atomic mass is 9.97. The van der Waals surface area contributed by atoms with Crippen molar-refractivity contribution in [3.8, 4) is 0 Å². The fourth-order valence-corrected chi connectivity index (χ4v) is 3.03. The molecule has 0 unspecified atom stereocenters. The van der Waals surface area contributed by atoms with Crippen molar-refractivity contribution in [2.75, 3.05) is 18.5 Å². The van der Waals surface area contributed by atoms with Gasteiger partial charge in [-0.25, -0.2) is 4.79 Å². The van der Waals surface area contributed by atoms with Crippen molar-refractivity contribution in [3.05, 3.63) is 29.8 Å². The molecule has 1 heterocycles. The largest absolute Gasteiger partial charge is 0.416 e. The molecule has 28 heavy (non-hydrogen) atoms. The molecular weight excluding hydrogens is 379 g/mol. The summed E-state index contributed by atoms with van der Waals surface area (Å²) < 4.78 is 43.3. The van der Waals surface area contributed by atoms with Crippen LogP contribution in [0.5, 0.6) is 0 Å². The van der Waals surface area contributed by atoms with E-state index in [0.29, 0.717) is 25.8 Å². The Bertz CT molecular complexity index is 667. The number of carbonyl (C=O) groups excluding carboxylic acids is 2. The second kappa shape index (κ2) is 9.74. The van der Waals surface area contributed by atoms with Gasteiger partial charge in [-0.3, -0.25) is 4.79 Å². The van der Waals surface area contributed by atoms with E-state index in [-0.39, 0.29) is 30.3 Å². The van der Waals surface area contributed by atoms with Gasteiger partial charge in [-0.15, -0.1) is 0 Å². The number of ether oxygens (including phenoxy) is 1.